The number of carboxylic acid groups (broad SMARTS) is 1. The van der Waals surface area contributed by atoms with Gasteiger partial charge < -0.3 is 16.2 Å². The Bertz CT molecular complexity index is 489. The fraction of sp³-hybridized carbons (Fsp3) is 0.538. The monoisotopic (exact) mass is 247 g/mol. The minimum absolute atomic E-state index is 0.213. The zero-order valence-electron chi connectivity index (χ0n) is 10.1. The molecule has 0 spiro atoms. The lowest BCUT2D eigenvalue weighted by atomic mass is 9.95. The largest absolute Gasteiger partial charge is 0.478 e. The first-order valence-corrected chi connectivity index (χ1v) is 6.39. The number of carboxylic acids is 1. The lowest BCUT2D eigenvalue weighted by Gasteiger charge is -2.24. The lowest BCUT2D eigenvalue weighted by Crippen LogP contribution is -2.27. The topological polar surface area (TPSA) is 88.2 Å². The Morgan fingerprint density at radius 1 is 1.44 bits per heavy atom. The van der Waals surface area contributed by atoms with Gasteiger partial charge in [0, 0.05) is 6.04 Å². The van der Waals surface area contributed by atoms with Gasteiger partial charge in [0.05, 0.1) is 17.4 Å². The first-order valence-electron chi connectivity index (χ1n) is 6.39. The van der Waals surface area contributed by atoms with E-state index in [2.05, 4.69) is 10.3 Å². The van der Waals surface area contributed by atoms with Gasteiger partial charge in [-0.3, -0.25) is 0 Å². The van der Waals surface area contributed by atoms with Crippen LogP contribution in [0, 0.1) is 11.8 Å². The highest BCUT2D eigenvalue weighted by atomic mass is 16.4. The molecule has 0 radical (unpaired) electrons. The van der Waals surface area contributed by atoms with Gasteiger partial charge in [0.15, 0.2) is 0 Å². The second-order valence-corrected chi connectivity index (χ2v) is 5.39. The molecule has 2 fully saturated rings. The van der Waals surface area contributed by atoms with E-state index in [4.69, 9.17) is 5.73 Å². The summed E-state index contributed by atoms with van der Waals surface area (Å²) in [5.74, 6) is 0.789. The molecule has 2 bridgehead atoms. The minimum atomic E-state index is -0.963. The fourth-order valence-corrected chi connectivity index (χ4v) is 3.38. The summed E-state index contributed by atoms with van der Waals surface area (Å²) < 4.78 is 0. The highest BCUT2D eigenvalue weighted by Gasteiger charge is 2.39. The van der Waals surface area contributed by atoms with Crippen LogP contribution >= 0.6 is 0 Å². The van der Waals surface area contributed by atoms with E-state index in [-0.39, 0.29) is 11.4 Å². The molecule has 18 heavy (non-hydrogen) atoms. The average Bonchev–Trinajstić information content (AvgIpc) is 2.93. The predicted molar refractivity (Wildman–Crippen MR) is 68.5 cm³/mol. The standard InChI is InChI=1S/C13H17N3O2/c14-12-5-9(13(17)18)11(6-15-12)16-10-4-7-1-2-8(10)3-7/h5-8,10,16H,1-4H2,(H2,14,15)(H,17,18). The van der Waals surface area contributed by atoms with Crippen LogP contribution in [0.15, 0.2) is 12.3 Å². The Balaban J connectivity index is 1.82. The van der Waals surface area contributed by atoms with E-state index in [1.807, 2.05) is 0 Å². The number of nitrogens with zero attached hydrogens (tertiary/aromatic N) is 1. The average molecular weight is 247 g/mol. The Kier molecular flexibility index (Phi) is 2.61. The minimum Gasteiger partial charge on any atom is -0.478 e. The van der Waals surface area contributed by atoms with Crippen molar-refractivity contribution in [1.82, 2.24) is 4.98 Å². The molecule has 3 atom stereocenters. The molecule has 1 aromatic heterocycles. The van der Waals surface area contributed by atoms with E-state index in [1.54, 1.807) is 0 Å². The van der Waals surface area contributed by atoms with Gasteiger partial charge in [0.25, 0.3) is 0 Å². The summed E-state index contributed by atoms with van der Waals surface area (Å²) in [5.41, 5.74) is 6.34. The van der Waals surface area contributed by atoms with Crippen molar-refractivity contribution in [3.63, 3.8) is 0 Å². The van der Waals surface area contributed by atoms with Crippen molar-refractivity contribution in [2.45, 2.75) is 31.7 Å². The third-order valence-electron chi connectivity index (χ3n) is 4.23. The highest BCUT2D eigenvalue weighted by Crippen LogP contribution is 2.45. The maximum atomic E-state index is 11.2. The van der Waals surface area contributed by atoms with Gasteiger partial charge in [-0.2, -0.15) is 0 Å². The molecule has 2 aliphatic carbocycles. The SMILES string of the molecule is Nc1cc(C(=O)O)c(NC2CC3CCC2C3)cn1. The molecular formula is C13H17N3O2. The van der Waals surface area contributed by atoms with E-state index < -0.39 is 5.97 Å². The smallest absolute Gasteiger partial charge is 0.337 e. The Morgan fingerprint density at radius 2 is 2.28 bits per heavy atom. The summed E-state index contributed by atoms with van der Waals surface area (Å²) in [5, 5.41) is 12.5. The molecule has 0 amide bonds. The highest BCUT2D eigenvalue weighted by molar-refractivity contribution is 5.94. The molecule has 4 N–H and O–H groups in total. The number of nitrogens with one attached hydrogen (secondary N) is 1. The number of rotatable bonds is 3. The van der Waals surface area contributed by atoms with E-state index in [0.717, 1.165) is 12.3 Å². The van der Waals surface area contributed by atoms with Crippen molar-refractivity contribution in [2.24, 2.45) is 11.8 Å². The summed E-state index contributed by atoms with van der Waals surface area (Å²) in [7, 11) is 0. The molecule has 5 heteroatoms. The molecule has 1 aromatic rings. The number of nitrogen functional groups attached to an aromatic ring is 1. The molecule has 1 heterocycles. The molecule has 3 unspecified atom stereocenters. The van der Waals surface area contributed by atoms with Crippen LogP contribution in [0.5, 0.6) is 0 Å². The first kappa shape index (κ1) is 11.3. The number of pyridine rings is 1. The molecule has 0 aliphatic heterocycles. The number of nitrogens with two attached hydrogens (primary N) is 1. The summed E-state index contributed by atoms with van der Waals surface area (Å²) >= 11 is 0. The third-order valence-corrected chi connectivity index (χ3v) is 4.23. The van der Waals surface area contributed by atoms with Crippen LogP contribution in [0.2, 0.25) is 0 Å². The van der Waals surface area contributed by atoms with Crippen molar-refractivity contribution in [3.05, 3.63) is 17.8 Å². The van der Waals surface area contributed by atoms with Crippen LogP contribution in [-0.4, -0.2) is 22.1 Å². The van der Waals surface area contributed by atoms with Crippen molar-refractivity contribution < 1.29 is 9.90 Å². The summed E-state index contributed by atoms with van der Waals surface area (Å²) in [6.45, 7) is 0. The maximum absolute atomic E-state index is 11.2. The fourth-order valence-electron chi connectivity index (χ4n) is 3.38. The molecule has 5 nitrogen and oxygen atoms in total. The number of hydrogen-bond acceptors (Lipinski definition) is 4. The molecule has 0 aromatic carbocycles. The van der Waals surface area contributed by atoms with Crippen molar-refractivity contribution in [1.29, 1.82) is 0 Å². The normalized spacial score (nSPS) is 29.4. The van der Waals surface area contributed by atoms with Gasteiger partial charge >= 0.3 is 5.97 Å². The quantitative estimate of drug-likeness (QED) is 0.760. The Hall–Kier alpha value is -1.78. The number of hydrogen-bond donors (Lipinski definition) is 3. The van der Waals surface area contributed by atoms with Crippen molar-refractivity contribution in [3.8, 4) is 0 Å². The van der Waals surface area contributed by atoms with Gasteiger partial charge in [-0.05, 0) is 37.2 Å². The summed E-state index contributed by atoms with van der Waals surface area (Å²) in [6.07, 6.45) is 6.54. The van der Waals surface area contributed by atoms with Crippen LogP contribution < -0.4 is 11.1 Å². The molecule has 2 aliphatic rings. The molecule has 96 valence electrons. The molecule has 2 saturated carbocycles. The van der Waals surface area contributed by atoms with Gasteiger partial charge in [-0.1, -0.05) is 6.42 Å². The Labute approximate surface area is 105 Å². The number of aromatic carboxylic acids is 1. The summed E-state index contributed by atoms with van der Waals surface area (Å²) in [6, 6.07) is 1.81. The predicted octanol–water partition coefficient (Wildman–Crippen LogP) is 1.96. The van der Waals surface area contributed by atoms with Gasteiger partial charge in [0.1, 0.15) is 5.82 Å². The van der Waals surface area contributed by atoms with Crippen molar-refractivity contribution in [2.75, 3.05) is 11.1 Å². The van der Waals surface area contributed by atoms with Gasteiger partial charge in [-0.25, -0.2) is 9.78 Å². The van der Waals surface area contributed by atoms with Crippen LogP contribution in [-0.2, 0) is 0 Å². The van der Waals surface area contributed by atoms with Crippen LogP contribution in [0.3, 0.4) is 0 Å². The third kappa shape index (κ3) is 1.89. The number of aromatic nitrogens is 1. The van der Waals surface area contributed by atoms with E-state index in [9.17, 15) is 9.90 Å². The number of carbonyl (C=O) groups is 1. The Morgan fingerprint density at radius 3 is 2.89 bits per heavy atom. The second-order valence-electron chi connectivity index (χ2n) is 5.39. The van der Waals surface area contributed by atoms with E-state index >= 15 is 0 Å². The number of fused-ring (bicyclic) bond motifs is 2. The zero-order valence-corrected chi connectivity index (χ0v) is 10.1. The van der Waals surface area contributed by atoms with Crippen molar-refractivity contribution >= 4 is 17.5 Å². The number of anilines is 2. The zero-order chi connectivity index (χ0) is 12.7. The van der Waals surface area contributed by atoms with E-state index in [0.29, 0.717) is 17.6 Å². The van der Waals surface area contributed by atoms with Gasteiger partial charge in [0.2, 0.25) is 0 Å². The second kappa shape index (κ2) is 4.15. The van der Waals surface area contributed by atoms with Crippen LogP contribution in [0.1, 0.15) is 36.0 Å². The van der Waals surface area contributed by atoms with Crippen LogP contribution in [0.25, 0.3) is 0 Å². The summed E-state index contributed by atoms with van der Waals surface area (Å²) in [4.78, 5) is 15.2. The molecule has 3 rings (SSSR count). The first-order chi connectivity index (χ1) is 8.63. The van der Waals surface area contributed by atoms with Crippen LogP contribution in [0.4, 0.5) is 11.5 Å². The van der Waals surface area contributed by atoms with Gasteiger partial charge in [-0.15, -0.1) is 0 Å². The van der Waals surface area contributed by atoms with E-state index in [1.165, 1.54) is 31.5 Å². The lowest BCUT2D eigenvalue weighted by molar-refractivity contribution is 0.0698. The molecular weight excluding hydrogens is 230 g/mol. The maximum Gasteiger partial charge on any atom is 0.337 e. The molecule has 0 saturated heterocycles.